The minimum atomic E-state index is -0.443. The fraction of sp³-hybridized carbons (Fsp3) is 0.333. The minimum absolute atomic E-state index is 0.0345. The molecular formula is C18H19ClN2O5. The van der Waals surface area contributed by atoms with Gasteiger partial charge in [0.15, 0.2) is 0 Å². The zero-order valence-corrected chi connectivity index (χ0v) is 14.7. The summed E-state index contributed by atoms with van der Waals surface area (Å²) >= 11 is 5.78. The Bertz CT molecular complexity index is 821. The van der Waals surface area contributed by atoms with Crippen molar-refractivity contribution in [1.82, 2.24) is 10.3 Å². The highest BCUT2D eigenvalue weighted by atomic mass is 35.5. The smallest absolute Gasteiger partial charge is 0.266 e. The number of benzene rings is 1. The molecule has 1 aliphatic rings. The number of hydrogen-bond donors (Lipinski definition) is 3. The standard InChI is InChI=1S/C18H19ClN2O5/c19-14-7-12(8-20-18(14)24)17(23)21-15-5-6-25-10-16(15)26-13-3-1-11(9-22)2-4-13/h1-4,7-8,15-16,22H,5-6,9-10H2,(H,20,24)(H,21,23)/t15-,16-/m1/s1. The van der Waals surface area contributed by atoms with Crippen molar-refractivity contribution in [3.63, 3.8) is 0 Å². The van der Waals surface area contributed by atoms with Crippen LogP contribution in [-0.2, 0) is 11.3 Å². The molecule has 0 bridgehead atoms. The van der Waals surface area contributed by atoms with E-state index < -0.39 is 5.56 Å². The van der Waals surface area contributed by atoms with Crippen molar-refractivity contribution in [3.05, 3.63) is 63.0 Å². The molecule has 3 rings (SSSR count). The number of carbonyl (C=O) groups is 1. The first-order valence-corrected chi connectivity index (χ1v) is 8.58. The molecule has 0 radical (unpaired) electrons. The number of rotatable bonds is 5. The number of aliphatic hydroxyl groups excluding tert-OH is 1. The molecule has 1 saturated heterocycles. The van der Waals surface area contributed by atoms with E-state index in [0.29, 0.717) is 25.4 Å². The zero-order chi connectivity index (χ0) is 18.5. The topological polar surface area (TPSA) is 101 Å². The molecule has 1 aromatic carbocycles. The summed E-state index contributed by atoms with van der Waals surface area (Å²) in [5.41, 5.74) is 0.617. The number of amides is 1. The Labute approximate surface area is 154 Å². The van der Waals surface area contributed by atoms with Crippen molar-refractivity contribution in [1.29, 1.82) is 0 Å². The highest BCUT2D eigenvalue weighted by Crippen LogP contribution is 2.19. The van der Waals surface area contributed by atoms with Gasteiger partial charge in [-0.15, -0.1) is 0 Å². The Morgan fingerprint density at radius 3 is 2.85 bits per heavy atom. The molecule has 1 amide bonds. The molecule has 0 spiro atoms. The first kappa shape index (κ1) is 18.4. The summed E-state index contributed by atoms with van der Waals surface area (Å²) in [6.07, 6.45) is 1.57. The Hall–Kier alpha value is -2.35. The molecule has 0 aliphatic carbocycles. The third kappa shape index (κ3) is 4.43. The highest BCUT2D eigenvalue weighted by molar-refractivity contribution is 6.30. The molecule has 3 N–H and O–H groups in total. The van der Waals surface area contributed by atoms with E-state index in [0.717, 1.165) is 5.56 Å². The van der Waals surface area contributed by atoms with Gasteiger partial charge in [-0.25, -0.2) is 0 Å². The molecule has 2 heterocycles. The molecule has 2 atom stereocenters. The number of ether oxygens (including phenoxy) is 2. The van der Waals surface area contributed by atoms with E-state index in [1.54, 1.807) is 24.3 Å². The molecule has 1 aromatic heterocycles. The van der Waals surface area contributed by atoms with Crippen LogP contribution in [0.2, 0.25) is 5.02 Å². The molecule has 7 nitrogen and oxygen atoms in total. The van der Waals surface area contributed by atoms with Crippen molar-refractivity contribution >= 4 is 17.5 Å². The summed E-state index contributed by atoms with van der Waals surface area (Å²) in [4.78, 5) is 26.2. The Morgan fingerprint density at radius 2 is 2.15 bits per heavy atom. The van der Waals surface area contributed by atoms with Crippen molar-refractivity contribution in [3.8, 4) is 5.75 Å². The second-order valence-electron chi connectivity index (χ2n) is 5.97. The zero-order valence-electron chi connectivity index (χ0n) is 13.9. The van der Waals surface area contributed by atoms with E-state index in [2.05, 4.69) is 10.3 Å². The van der Waals surface area contributed by atoms with Crippen LogP contribution >= 0.6 is 11.6 Å². The summed E-state index contributed by atoms with van der Waals surface area (Å²) in [6, 6.07) is 8.16. The number of aromatic amines is 1. The minimum Gasteiger partial charge on any atom is -0.486 e. The molecule has 8 heteroatoms. The van der Waals surface area contributed by atoms with Gasteiger partial charge < -0.3 is 24.9 Å². The molecule has 1 aliphatic heterocycles. The summed E-state index contributed by atoms with van der Waals surface area (Å²) in [5, 5.41) is 12.0. The predicted octanol–water partition coefficient (Wildman–Crippen LogP) is 1.49. The summed E-state index contributed by atoms with van der Waals surface area (Å²) in [6.45, 7) is 0.826. The van der Waals surface area contributed by atoms with Gasteiger partial charge in [-0.05, 0) is 30.2 Å². The van der Waals surface area contributed by atoms with Gasteiger partial charge in [-0.3, -0.25) is 9.59 Å². The fourth-order valence-electron chi connectivity index (χ4n) is 2.68. The number of halogens is 1. The number of carbonyl (C=O) groups excluding carboxylic acids is 1. The molecule has 2 aromatic rings. The second kappa shape index (κ2) is 8.35. The lowest BCUT2D eigenvalue weighted by Gasteiger charge is -2.32. The van der Waals surface area contributed by atoms with Gasteiger partial charge in [0, 0.05) is 12.8 Å². The quantitative estimate of drug-likeness (QED) is 0.731. The first-order chi connectivity index (χ1) is 12.6. The molecule has 1 fully saturated rings. The maximum absolute atomic E-state index is 12.4. The van der Waals surface area contributed by atoms with Crippen LogP contribution in [0.5, 0.6) is 5.75 Å². The summed E-state index contributed by atoms with van der Waals surface area (Å²) in [5.74, 6) is 0.281. The molecule has 138 valence electrons. The van der Waals surface area contributed by atoms with E-state index >= 15 is 0 Å². The Kier molecular flexibility index (Phi) is 5.92. The van der Waals surface area contributed by atoms with Crippen molar-refractivity contribution < 1.29 is 19.4 Å². The lowest BCUT2D eigenvalue weighted by Crippen LogP contribution is -2.51. The van der Waals surface area contributed by atoms with Crippen molar-refractivity contribution in [2.24, 2.45) is 0 Å². The number of aromatic nitrogens is 1. The van der Waals surface area contributed by atoms with Crippen LogP contribution in [-0.4, -0.2) is 41.4 Å². The van der Waals surface area contributed by atoms with E-state index in [-0.39, 0.29) is 35.2 Å². The summed E-state index contributed by atoms with van der Waals surface area (Å²) < 4.78 is 11.4. The van der Waals surface area contributed by atoms with E-state index in [4.69, 9.17) is 26.2 Å². The number of pyridine rings is 1. The first-order valence-electron chi connectivity index (χ1n) is 8.20. The van der Waals surface area contributed by atoms with E-state index in [1.165, 1.54) is 12.3 Å². The number of nitrogens with one attached hydrogen (secondary N) is 2. The van der Waals surface area contributed by atoms with Gasteiger partial charge in [0.05, 0.1) is 24.8 Å². The van der Waals surface area contributed by atoms with Gasteiger partial charge in [0.2, 0.25) is 0 Å². The van der Waals surface area contributed by atoms with Crippen LogP contribution in [0.1, 0.15) is 22.3 Å². The SMILES string of the molecule is O=C(N[C@@H]1CCOC[C@H]1Oc1ccc(CO)cc1)c1c[nH]c(=O)c(Cl)c1. The maximum Gasteiger partial charge on any atom is 0.266 e. The lowest BCUT2D eigenvalue weighted by molar-refractivity contribution is -0.0135. The van der Waals surface area contributed by atoms with E-state index in [9.17, 15) is 9.59 Å². The Balaban J connectivity index is 1.68. The van der Waals surface area contributed by atoms with E-state index in [1.807, 2.05) is 0 Å². The van der Waals surface area contributed by atoms with Crippen LogP contribution < -0.4 is 15.6 Å². The monoisotopic (exact) mass is 378 g/mol. The largest absolute Gasteiger partial charge is 0.486 e. The van der Waals surface area contributed by atoms with Crippen molar-refractivity contribution in [2.75, 3.05) is 13.2 Å². The number of aliphatic hydroxyl groups is 1. The normalized spacial score (nSPS) is 19.8. The summed E-state index contributed by atoms with van der Waals surface area (Å²) in [7, 11) is 0. The molecular weight excluding hydrogens is 360 g/mol. The van der Waals surface area contributed by atoms with Crippen LogP contribution in [0.25, 0.3) is 0 Å². The molecule has 0 unspecified atom stereocenters. The van der Waals surface area contributed by atoms with Crippen LogP contribution in [0, 0.1) is 0 Å². The average Bonchev–Trinajstić information content (AvgIpc) is 2.66. The predicted molar refractivity (Wildman–Crippen MR) is 95.5 cm³/mol. The van der Waals surface area contributed by atoms with Gasteiger partial charge >= 0.3 is 0 Å². The average molecular weight is 379 g/mol. The second-order valence-corrected chi connectivity index (χ2v) is 6.37. The van der Waals surface area contributed by atoms with Crippen LogP contribution in [0.4, 0.5) is 0 Å². The fourth-order valence-corrected chi connectivity index (χ4v) is 2.85. The lowest BCUT2D eigenvalue weighted by atomic mass is 10.1. The molecule has 26 heavy (non-hydrogen) atoms. The number of hydrogen-bond acceptors (Lipinski definition) is 5. The van der Waals surface area contributed by atoms with Crippen LogP contribution in [0.15, 0.2) is 41.3 Å². The van der Waals surface area contributed by atoms with Gasteiger partial charge in [-0.2, -0.15) is 0 Å². The van der Waals surface area contributed by atoms with Gasteiger partial charge in [0.1, 0.15) is 16.9 Å². The maximum atomic E-state index is 12.4. The van der Waals surface area contributed by atoms with Gasteiger partial charge in [0.25, 0.3) is 11.5 Å². The highest BCUT2D eigenvalue weighted by Gasteiger charge is 2.29. The van der Waals surface area contributed by atoms with Crippen molar-refractivity contribution in [2.45, 2.75) is 25.2 Å². The third-order valence-corrected chi connectivity index (χ3v) is 4.41. The third-order valence-electron chi connectivity index (χ3n) is 4.13. The van der Waals surface area contributed by atoms with Gasteiger partial charge in [-0.1, -0.05) is 23.7 Å². The number of H-pyrrole nitrogens is 1. The van der Waals surface area contributed by atoms with Crippen LogP contribution in [0.3, 0.4) is 0 Å². The Morgan fingerprint density at radius 1 is 1.38 bits per heavy atom. The molecule has 0 saturated carbocycles.